The van der Waals surface area contributed by atoms with Crippen molar-refractivity contribution in [1.29, 1.82) is 0 Å². The van der Waals surface area contributed by atoms with Crippen molar-refractivity contribution in [2.24, 2.45) is 5.16 Å². The average Bonchev–Trinajstić information content (AvgIpc) is 2.82. The first-order chi connectivity index (χ1) is 14.7. The van der Waals surface area contributed by atoms with Gasteiger partial charge in [0.2, 0.25) is 0 Å². The van der Waals surface area contributed by atoms with E-state index in [0.717, 1.165) is 24.1 Å². The molecule has 0 radical (unpaired) electrons. The van der Waals surface area contributed by atoms with Crippen LogP contribution in [0.3, 0.4) is 0 Å². The molecule has 1 aliphatic rings. The molecule has 1 aliphatic heterocycles. The van der Waals surface area contributed by atoms with E-state index in [4.69, 9.17) is 4.84 Å². The molecule has 30 heavy (non-hydrogen) atoms. The van der Waals surface area contributed by atoms with Crippen LogP contribution in [0.25, 0.3) is 0 Å². The van der Waals surface area contributed by atoms with Crippen molar-refractivity contribution in [2.75, 3.05) is 18.1 Å². The van der Waals surface area contributed by atoms with Crippen LogP contribution in [0.1, 0.15) is 29.2 Å². The third kappa shape index (κ3) is 4.42. The lowest BCUT2D eigenvalue weighted by atomic mass is 9.99. The summed E-state index contributed by atoms with van der Waals surface area (Å²) < 4.78 is 0. The number of aliphatic hydroxyl groups is 1. The van der Waals surface area contributed by atoms with Gasteiger partial charge in [0.25, 0.3) is 5.91 Å². The molecule has 5 heteroatoms. The van der Waals surface area contributed by atoms with E-state index in [9.17, 15) is 9.90 Å². The van der Waals surface area contributed by atoms with Gasteiger partial charge in [-0.2, -0.15) is 0 Å². The smallest absolute Gasteiger partial charge is 0.267 e. The Labute approximate surface area is 176 Å². The van der Waals surface area contributed by atoms with Crippen molar-refractivity contribution in [3.63, 3.8) is 0 Å². The summed E-state index contributed by atoms with van der Waals surface area (Å²) in [5.41, 5.74) is 3.93. The number of nitrogens with zero attached hydrogens (tertiary/aromatic N) is 2. The molecule has 0 saturated carbocycles. The molecule has 0 bridgehead atoms. The molecule has 1 atom stereocenters. The molecule has 3 aromatic carbocycles. The number of amides is 1. The number of anilines is 1. The Morgan fingerprint density at radius 2 is 1.63 bits per heavy atom. The third-order valence-corrected chi connectivity index (χ3v) is 5.21. The van der Waals surface area contributed by atoms with Gasteiger partial charge >= 0.3 is 0 Å². The molecule has 5 nitrogen and oxygen atoms in total. The predicted molar refractivity (Wildman–Crippen MR) is 117 cm³/mol. The molecule has 0 aliphatic carbocycles. The molecule has 3 aromatic rings. The topological polar surface area (TPSA) is 62.1 Å². The number of hydrogen-bond acceptors (Lipinski definition) is 4. The first kappa shape index (κ1) is 19.9. The van der Waals surface area contributed by atoms with Gasteiger partial charge in [0, 0.05) is 17.8 Å². The first-order valence-corrected chi connectivity index (χ1v) is 10.1. The summed E-state index contributed by atoms with van der Waals surface area (Å²) >= 11 is 0. The highest BCUT2D eigenvalue weighted by Gasteiger charge is 2.23. The molecule has 0 aromatic heterocycles. The lowest BCUT2D eigenvalue weighted by Gasteiger charge is -2.29. The van der Waals surface area contributed by atoms with Crippen LogP contribution >= 0.6 is 0 Å². The van der Waals surface area contributed by atoms with E-state index in [0.29, 0.717) is 17.8 Å². The standard InChI is InChI=1S/C25H24N2O3/c28-23(27-17-9-15-19-10-7-8-16-22(19)27)18-30-26-24(20-11-3-1-4-12-20)25(29)21-13-5-2-6-14-21/h1-8,10-14,16,25,29H,9,15,17-18H2/b26-24-/t25-/m1/s1. The summed E-state index contributed by atoms with van der Waals surface area (Å²) in [6, 6.07) is 26.6. The monoisotopic (exact) mass is 400 g/mol. The molecule has 152 valence electrons. The van der Waals surface area contributed by atoms with Crippen LogP contribution in [-0.2, 0) is 16.1 Å². The van der Waals surface area contributed by atoms with E-state index >= 15 is 0 Å². The van der Waals surface area contributed by atoms with Gasteiger partial charge in [-0.25, -0.2) is 0 Å². The Hall–Kier alpha value is -3.44. The van der Waals surface area contributed by atoms with Gasteiger partial charge in [-0.3, -0.25) is 4.79 Å². The number of carbonyl (C=O) groups excluding carboxylic acids is 1. The predicted octanol–water partition coefficient (Wildman–Crippen LogP) is 4.12. The minimum atomic E-state index is -0.959. The normalized spacial score (nSPS) is 14.7. The van der Waals surface area contributed by atoms with Crippen LogP contribution in [-0.4, -0.2) is 29.9 Å². The van der Waals surface area contributed by atoms with Gasteiger partial charge in [-0.05, 0) is 30.0 Å². The number of rotatable bonds is 6. The summed E-state index contributed by atoms with van der Waals surface area (Å²) in [5.74, 6) is -0.146. The van der Waals surface area contributed by atoms with Crippen LogP contribution in [0, 0.1) is 0 Å². The summed E-state index contributed by atoms with van der Waals surface area (Å²) in [6.07, 6.45) is 0.938. The van der Waals surface area contributed by atoms with E-state index in [2.05, 4.69) is 11.2 Å². The van der Waals surface area contributed by atoms with Crippen molar-refractivity contribution in [1.82, 2.24) is 0 Å². The Kier molecular flexibility index (Phi) is 6.20. The van der Waals surface area contributed by atoms with Crippen molar-refractivity contribution in [3.8, 4) is 0 Å². The molecular formula is C25H24N2O3. The number of aryl methyl sites for hydroxylation is 1. The highest BCUT2D eigenvalue weighted by Crippen LogP contribution is 2.26. The molecule has 0 spiro atoms. The largest absolute Gasteiger partial charge is 0.385 e. The molecule has 4 rings (SSSR count). The number of carbonyl (C=O) groups is 1. The van der Waals surface area contributed by atoms with E-state index in [1.165, 1.54) is 5.56 Å². The van der Waals surface area contributed by atoms with Crippen LogP contribution < -0.4 is 4.90 Å². The van der Waals surface area contributed by atoms with Gasteiger partial charge in [0.05, 0.1) is 0 Å². The Morgan fingerprint density at radius 3 is 2.40 bits per heavy atom. The average molecular weight is 400 g/mol. The maximum Gasteiger partial charge on any atom is 0.267 e. The van der Waals surface area contributed by atoms with Crippen LogP contribution in [0.2, 0.25) is 0 Å². The molecule has 0 unspecified atom stereocenters. The second-order valence-corrected chi connectivity index (χ2v) is 7.21. The Morgan fingerprint density at radius 1 is 0.967 bits per heavy atom. The highest BCUT2D eigenvalue weighted by atomic mass is 16.6. The molecule has 1 N–H and O–H groups in total. The van der Waals surface area contributed by atoms with Gasteiger partial charge in [0.15, 0.2) is 6.61 Å². The van der Waals surface area contributed by atoms with Crippen molar-refractivity contribution < 1.29 is 14.7 Å². The molecule has 0 fully saturated rings. The fraction of sp³-hybridized carbons (Fsp3) is 0.200. The van der Waals surface area contributed by atoms with E-state index < -0.39 is 6.10 Å². The molecular weight excluding hydrogens is 376 g/mol. The quantitative estimate of drug-likeness (QED) is 0.500. The van der Waals surface area contributed by atoms with Gasteiger partial charge < -0.3 is 14.8 Å². The number of oxime groups is 1. The maximum absolute atomic E-state index is 12.8. The fourth-order valence-electron chi connectivity index (χ4n) is 3.69. The molecule has 0 saturated heterocycles. The second-order valence-electron chi connectivity index (χ2n) is 7.21. The number of para-hydroxylation sites is 1. The number of benzene rings is 3. The van der Waals surface area contributed by atoms with Crippen molar-refractivity contribution in [3.05, 3.63) is 102 Å². The van der Waals surface area contributed by atoms with Gasteiger partial charge in [-0.15, -0.1) is 0 Å². The van der Waals surface area contributed by atoms with E-state index in [1.54, 1.807) is 4.90 Å². The summed E-state index contributed by atoms with van der Waals surface area (Å²) in [7, 11) is 0. The van der Waals surface area contributed by atoms with E-state index in [-0.39, 0.29) is 12.5 Å². The highest BCUT2D eigenvalue weighted by molar-refractivity contribution is 6.04. The lowest BCUT2D eigenvalue weighted by molar-refractivity contribution is -0.123. The van der Waals surface area contributed by atoms with Crippen LogP contribution in [0.4, 0.5) is 5.69 Å². The van der Waals surface area contributed by atoms with Crippen molar-refractivity contribution in [2.45, 2.75) is 18.9 Å². The van der Waals surface area contributed by atoms with E-state index in [1.807, 2.05) is 78.9 Å². The van der Waals surface area contributed by atoms with Gasteiger partial charge in [0.1, 0.15) is 11.8 Å². The van der Waals surface area contributed by atoms with Crippen molar-refractivity contribution >= 4 is 17.3 Å². The van der Waals surface area contributed by atoms with Crippen LogP contribution in [0.5, 0.6) is 0 Å². The minimum absolute atomic E-state index is 0.146. The zero-order valence-electron chi connectivity index (χ0n) is 16.6. The Bertz CT molecular complexity index is 1020. The lowest BCUT2D eigenvalue weighted by Crippen LogP contribution is -2.37. The third-order valence-electron chi connectivity index (χ3n) is 5.21. The number of aliphatic hydroxyl groups excluding tert-OH is 1. The molecule has 1 heterocycles. The second kappa shape index (κ2) is 9.37. The number of fused-ring (bicyclic) bond motifs is 1. The fourth-order valence-corrected chi connectivity index (χ4v) is 3.69. The Balaban J connectivity index is 1.52. The summed E-state index contributed by atoms with van der Waals surface area (Å²) in [5, 5.41) is 15.1. The minimum Gasteiger partial charge on any atom is -0.385 e. The summed E-state index contributed by atoms with van der Waals surface area (Å²) in [4.78, 5) is 20.0. The number of hydrogen-bond donors (Lipinski definition) is 1. The SMILES string of the molecule is O=C(CO/N=C(/c1ccccc1)[C@H](O)c1ccccc1)N1CCCc2ccccc21. The zero-order chi connectivity index (χ0) is 20.8. The van der Waals surface area contributed by atoms with Gasteiger partial charge in [-0.1, -0.05) is 84.0 Å². The first-order valence-electron chi connectivity index (χ1n) is 10.1. The zero-order valence-corrected chi connectivity index (χ0v) is 16.6. The maximum atomic E-state index is 12.8. The summed E-state index contributed by atoms with van der Waals surface area (Å²) in [6.45, 7) is 0.479. The van der Waals surface area contributed by atoms with Crippen LogP contribution in [0.15, 0.2) is 90.1 Å². The molecule has 1 amide bonds.